The topological polar surface area (TPSA) is 0 Å². The van der Waals surface area contributed by atoms with Crippen LogP contribution in [-0.2, 0) is 0 Å². The Hall–Kier alpha value is 0.430. The molecule has 0 rings (SSSR count). The smallest absolute Gasteiger partial charge is 0.0326 e. The highest BCUT2D eigenvalue weighted by atomic mass is 31.1. The van der Waals surface area contributed by atoms with Gasteiger partial charge in [0, 0.05) is 0 Å². The second-order valence-electron chi connectivity index (χ2n) is 2.73. The highest BCUT2D eigenvalue weighted by Gasteiger charge is 1.99. The van der Waals surface area contributed by atoms with Crippen LogP contribution in [0.25, 0.3) is 0 Å². The lowest BCUT2D eigenvalue weighted by molar-refractivity contribution is 0.775. The van der Waals surface area contributed by atoms with Gasteiger partial charge in [-0.2, -0.15) is 0 Å². The Labute approximate surface area is 67.2 Å². The van der Waals surface area contributed by atoms with Crippen molar-refractivity contribution < 1.29 is 0 Å². The number of unbranched alkanes of at least 4 members (excludes halogenated alkanes) is 2. The zero-order valence-electron chi connectivity index (χ0n) is 7.69. The van der Waals surface area contributed by atoms with Crippen LogP contribution in [0.2, 0.25) is 0 Å². The molecule has 0 radical (unpaired) electrons. The van der Waals surface area contributed by atoms with Crippen molar-refractivity contribution in [2.75, 3.05) is 18.5 Å². The molecule has 62 valence electrons. The van der Waals surface area contributed by atoms with Crippen LogP contribution in [-0.4, -0.2) is 18.5 Å². The Bertz CT molecular complexity index is 57.7. The molecule has 0 heterocycles. The molecule has 0 saturated heterocycles. The number of hydrogen-bond acceptors (Lipinski definition) is 0. The Kier molecular flexibility index (Phi) is 7.86. The molecule has 0 fully saturated rings. The first-order chi connectivity index (χ1) is 4.85. The molecule has 0 aromatic heterocycles. The summed E-state index contributed by atoms with van der Waals surface area (Å²) in [5.41, 5.74) is 0. The molecule has 0 nitrogen and oxygen atoms in total. The van der Waals surface area contributed by atoms with Crippen LogP contribution in [0.15, 0.2) is 0 Å². The van der Waals surface area contributed by atoms with E-state index in [0.717, 1.165) is 0 Å². The van der Waals surface area contributed by atoms with E-state index in [1.165, 1.54) is 37.7 Å². The Morgan fingerprint density at radius 1 is 0.900 bits per heavy atom. The largest absolute Gasteiger partial charge is 0.107 e. The SMILES string of the molecule is CCCCCP(CC)CC. The molecular weight excluding hydrogens is 139 g/mol. The molecule has 0 spiro atoms. The molecule has 0 unspecified atom stereocenters. The minimum atomic E-state index is 0.432. The second kappa shape index (κ2) is 7.54. The summed E-state index contributed by atoms with van der Waals surface area (Å²) < 4.78 is 0. The molecule has 1 heteroatoms. The van der Waals surface area contributed by atoms with Gasteiger partial charge in [-0.15, -0.1) is 7.92 Å². The van der Waals surface area contributed by atoms with Crippen LogP contribution in [0.4, 0.5) is 0 Å². The van der Waals surface area contributed by atoms with Crippen LogP contribution >= 0.6 is 7.92 Å². The van der Waals surface area contributed by atoms with E-state index in [4.69, 9.17) is 0 Å². The molecule has 0 aliphatic carbocycles. The van der Waals surface area contributed by atoms with Crippen LogP contribution in [0.1, 0.15) is 40.0 Å². The fraction of sp³-hybridized carbons (Fsp3) is 1.00. The molecule has 0 bridgehead atoms. The predicted molar refractivity (Wildman–Crippen MR) is 52.4 cm³/mol. The van der Waals surface area contributed by atoms with Gasteiger partial charge in [-0.25, -0.2) is 0 Å². The summed E-state index contributed by atoms with van der Waals surface area (Å²) in [7, 11) is 0.432. The summed E-state index contributed by atoms with van der Waals surface area (Å²) in [4.78, 5) is 0. The van der Waals surface area contributed by atoms with Gasteiger partial charge in [0.1, 0.15) is 0 Å². The molecule has 0 N–H and O–H groups in total. The van der Waals surface area contributed by atoms with Crippen molar-refractivity contribution in [2.45, 2.75) is 40.0 Å². The van der Waals surface area contributed by atoms with Crippen LogP contribution in [0.3, 0.4) is 0 Å². The maximum absolute atomic E-state index is 2.33. The Morgan fingerprint density at radius 3 is 1.90 bits per heavy atom. The predicted octanol–water partition coefficient (Wildman–Crippen LogP) is 3.70. The highest BCUT2D eigenvalue weighted by molar-refractivity contribution is 7.57. The van der Waals surface area contributed by atoms with Gasteiger partial charge < -0.3 is 0 Å². The highest BCUT2D eigenvalue weighted by Crippen LogP contribution is 2.34. The third kappa shape index (κ3) is 5.23. The van der Waals surface area contributed by atoms with Crippen LogP contribution in [0.5, 0.6) is 0 Å². The van der Waals surface area contributed by atoms with Gasteiger partial charge >= 0.3 is 0 Å². The lowest BCUT2D eigenvalue weighted by Gasteiger charge is -2.11. The van der Waals surface area contributed by atoms with Crippen molar-refractivity contribution in [3.05, 3.63) is 0 Å². The zero-order chi connectivity index (χ0) is 7.82. The summed E-state index contributed by atoms with van der Waals surface area (Å²) in [6.45, 7) is 6.95. The van der Waals surface area contributed by atoms with Crippen molar-refractivity contribution in [1.29, 1.82) is 0 Å². The second-order valence-corrected chi connectivity index (χ2v) is 5.79. The minimum Gasteiger partial charge on any atom is -0.107 e. The van der Waals surface area contributed by atoms with E-state index in [-0.39, 0.29) is 0 Å². The van der Waals surface area contributed by atoms with Gasteiger partial charge in [-0.3, -0.25) is 0 Å². The van der Waals surface area contributed by atoms with E-state index >= 15 is 0 Å². The Morgan fingerprint density at radius 2 is 1.50 bits per heavy atom. The molecular formula is C9H21P. The van der Waals surface area contributed by atoms with Crippen molar-refractivity contribution in [3.63, 3.8) is 0 Å². The molecule has 0 atom stereocenters. The standard InChI is InChI=1S/C9H21P/c1-4-7-8-9-10(5-2)6-3/h4-9H2,1-3H3. The molecule has 0 saturated carbocycles. The third-order valence-electron chi connectivity index (χ3n) is 1.97. The average Bonchev–Trinajstić information content (AvgIpc) is 1.99. The molecule has 0 aliphatic rings. The van der Waals surface area contributed by atoms with E-state index in [9.17, 15) is 0 Å². The lowest BCUT2D eigenvalue weighted by Crippen LogP contribution is -1.89. The van der Waals surface area contributed by atoms with E-state index in [0.29, 0.717) is 7.92 Å². The van der Waals surface area contributed by atoms with Gasteiger partial charge in [0.15, 0.2) is 0 Å². The van der Waals surface area contributed by atoms with Crippen molar-refractivity contribution in [2.24, 2.45) is 0 Å². The summed E-state index contributed by atoms with van der Waals surface area (Å²) in [6, 6.07) is 0. The van der Waals surface area contributed by atoms with E-state index in [1.54, 1.807) is 0 Å². The van der Waals surface area contributed by atoms with Crippen LogP contribution < -0.4 is 0 Å². The van der Waals surface area contributed by atoms with Gasteiger partial charge in [0.05, 0.1) is 0 Å². The van der Waals surface area contributed by atoms with Crippen LogP contribution in [0, 0.1) is 0 Å². The fourth-order valence-corrected chi connectivity index (χ4v) is 2.88. The number of rotatable bonds is 6. The van der Waals surface area contributed by atoms with Gasteiger partial charge in [-0.05, 0) is 24.9 Å². The molecule has 0 aliphatic heterocycles. The molecule has 0 amide bonds. The van der Waals surface area contributed by atoms with Gasteiger partial charge in [0.2, 0.25) is 0 Å². The monoisotopic (exact) mass is 160 g/mol. The average molecular weight is 160 g/mol. The summed E-state index contributed by atoms with van der Waals surface area (Å²) in [5.74, 6) is 0. The van der Waals surface area contributed by atoms with Crippen molar-refractivity contribution >= 4 is 7.92 Å². The summed E-state index contributed by atoms with van der Waals surface area (Å²) in [5, 5.41) is 0. The molecule has 10 heavy (non-hydrogen) atoms. The summed E-state index contributed by atoms with van der Waals surface area (Å²) in [6.07, 6.45) is 8.70. The normalized spacial score (nSPS) is 10.8. The number of hydrogen-bond donors (Lipinski definition) is 0. The summed E-state index contributed by atoms with van der Waals surface area (Å²) >= 11 is 0. The van der Waals surface area contributed by atoms with Crippen molar-refractivity contribution in [1.82, 2.24) is 0 Å². The quantitative estimate of drug-likeness (QED) is 0.410. The maximum atomic E-state index is 2.33. The van der Waals surface area contributed by atoms with E-state index in [2.05, 4.69) is 20.8 Å². The van der Waals surface area contributed by atoms with E-state index < -0.39 is 0 Å². The molecule has 0 aromatic carbocycles. The third-order valence-corrected chi connectivity index (χ3v) is 4.71. The minimum absolute atomic E-state index is 0.432. The Balaban J connectivity index is 3.09. The molecule has 0 aromatic rings. The lowest BCUT2D eigenvalue weighted by atomic mass is 10.3. The maximum Gasteiger partial charge on any atom is -0.0326 e. The fourth-order valence-electron chi connectivity index (χ4n) is 1.13. The van der Waals surface area contributed by atoms with Gasteiger partial charge in [-0.1, -0.05) is 33.6 Å². The van der Waals surface area contributed by atoms with Crippen molar-refractivity contribution in [3.8, 4) is 0 Å². The first-order valence-electron chi connectivity index (χ1n) is 4.57. The first kappa shape index (κ1) is 10.4. The van der Waals surface area contributed by atoms with Gasteiger partial charge in [0.25, 0.3) is 0 Å². The first-order valence-corrected chi connectivity index (χ1v) is 6.47. The zero-order valence-corrected chi connectivity index (χ0v) is 8.58. The van der Waals surface area contributed by atoms with E-state index in [1.807, 2.05) is 0 Å².